The second-order valence-electron chi connectivity index (χ2n) is 8.40. The average molecular weight is 426 g/mol. The van der Waals surface area contributed by atoms with E-state index in [2.05, 4.69) is 54.3 Å². The Bertz CT molecular complexity index is 1020. The third kappa shape index (κ3) is 3.84. The van der Waals surface area contributed by atoms with Crippen LogP contribution in [0.25, 0.3) is 11.0 Å². The van der Waals surface area contributed by atoms with Crippen molar-refractivity contribution in [3.63, 3.8) is 0 Å². The van der Waals surface area contributed by atoms with Crippen molar-refractivity contribution in [3.05, 3.63) is 40.8 Å². The number of aromatic amines is 1. The fourth-order valence-corrected chi connectivity index (χ4v) is 4.91. The first-order chi connectivity index (χ1) is 14.7. The summed E-state index contributed by atoms with van der Waals surface area (Å²) in [5.41, 5.74) is 4.44. The third-order valence-electron chi connectivity index (χ3n) is 6.45. The Labute approximate surface area is 181 Å². The normalized spacial score (nSPS) is 18.3. The van der Waals surface area contributed by atoms with Crippen molar-refractivity contribution in [1.29, 1.82) is 0 Å². The van der Waals surface area contributed by atoms with Gasteiger partial charge in [-0.15, -0.1) is 0 Å². The first-order valence-corrected chi connectivity index (χ1v) is 11.2. The lowest BCUT2D eigenvalue weighted by atomic mass is 9.92. The van der Waals surface area contributed by atoms with Gasteiger partial charge in [0.25, 0.3) is 0 Å². The minimum atomic E-state index is 0.686. The summed E-state index contributed by atoms with van der Waals surface area (Å²) in [6.45, 7) is 8.05. The molecule has 0 atom stereocenters. The summed E-state index contributed by atoms with van der Waals surface area (Å²) in [5, 5.41) is 13.1. The molecule has 0 radical (unpaired) electrons. The Balaban J connectivity index is 1.36. The van der Waals surface area contributed by atoms with Gasteiger partial charge in [-0.1, -0.05) is 17.7 Å². The van der Waals surface area contributed by atoms with E-state index in [0.29, 0.717) is 5.92 Å². The maximum absolute atomic E-state index is 6.24. The van der Waals surface area contributed by atoms with Crippen LogP contribution in [0.1, 0.15) is 24.1 Å². The molecule has 2 aliphatic heterocycles. The maximum Gasteiger partial charge on any atom is 0.186 e. The molecule has 2 aliphatic rings. The monoisotopic (exact) mass is 425 g/mol. The van der Waals surface area contributed by atoms with Crippen LogP contribution in [0.3, 0.4) is 0 Å². The largest absolute Gasteiger partial charge is 0.368 e. The Morgan fingerprint density at radius 1 is 1.07 bits per heavy atom. The maximum atomic E-state index is 6.24. The van der Waals surface area contributed by atoms with E-state index < -0.39 is 0 Å². The smallest absolute Gasteiger partial charge is 0.186 e. The van der Waals surface area contributed by atoms with Crippen LogP contribution < -0.4 is 15.1 Å². The van der Waals surface area contributed by atoms with Crippen molar-refractivity contribution in [1.82, 2.24) is 25.5 Å². The van der Waals surface area contributed by atoms with E-state index in [0.717, 1.165) is 67.6 Å². The van der Waals surface area contributed by atoms with Crippen molar-refractivity contribution in [2.45, 2.75) is 26.2 Å². The van der Waals surface area contributed by atoms with Crippen LogP contribution in [0.5, 0.6) is 0 Å². The number of rotatable bonds is 4. The summed E-state index contributed by atoms with van der Waals surface area (Å²) in [4.78, 5) is 13.9. The lowest BCUT2D eigenvalue weighted by molar-refractivity contribution is 0.370. The summed E-state index contributed by atoms with van der Waals surface area (Å²) in [5.74, 6) is 1.70. The van der Waals surface area contributed by atoms with Crippen LogP contribution in [0, 0.1) is 12.8 Å². The first kappa shape index (κ1) is 19.6. The molecule has 0 bridgehead atoms. The highest BCUT2D eigenvalue weighted by Crippen LogP contribution is 2.30. The minimum Gasteiger partial charge on any atom is -0.368 e. The molecule has 2 aromatic heterocycles. The molecule has 5 rings (SSSR count). The zero-order valence-corrected chi connectivity index (χ0v) is 18.1. The van der Waals surface area contributed by atoms with E-state index >= 15 is 0 Å². The number of piperazine rings is 1. The third-order valence-corrected chi connectivity index (χ3v) is 6.68. The lowest BCUT2D eigenvalue weighted by Gasteiger charge is -2.37. The summed E-state index contributed by atoms with van der Waals surface area (Å²) in [6, 6.07) is 6.12. The second-order valence-corrected chi connectivity index (χ2v) is 8.84. The lowest BCUT2D eigenvalue weighted by Crippen LogP contribution is -2.47. The van der Waals surface area contributed by atoms with Gasteiger partial charge in [0, 0.05) is 42.6 Å². The number of aryl methyl sites for hydroxylation is 1. The molecule has 158 valence electrons. The topological polar surface area (TPSA) is 73.0 Å². The molecule has 3 aromatic rings. The van der Waals surface area contributed by atoms with Gasteiger partial charge < -0.3 is 15.1 Å². The Morgan fingerprint density at radius 3 is 2.63 bits per heavy atom. The molecule has 30 heavy (non-hydrogen) atoms. The van der Waals surface area contributed by atoms with Crippen molar-refractivity contribution in [2.75, 3.05) is 49.1 Å². The molecule has 0 aliphatic carbocycles. The second kappa shape index (κ2) is 8.40. The van der Waals surface area contributed by atoms with Gasteiger partial charge in [-0.25, -0.2) is 9.97 Å². The van der Waals surface area contributed by atoms with Crippen LogP contribution in [-0.2, 0) is 6.42 Å². The van der Waals surface area contributed by atoms with Gasteiger partial charge in [-0.2, -0.15) is 5.10 Å². The molecule has 1 aromatic carbocycles. The molecule has 2 fully saturated rings. The molecule has 0 amide bonds. The number of fused-ring (bicyclic) bond motifs is 1. The number of aromatic nitrogens is 4. The van der Waals surface area contributed by atoms with Gasteiger partial charge in [0.05, 0.1) is 5.39 Å². The number of halogens is 1. The zero-order chi connectivity index (χ0) is 20.5. The molecule has 2 N–H and O–H groups in total. The fraction of sp³-hybridized carbons (Fsp3) is 0.500. The summed E-state index contributed by atoms with van der Waals surface area (Å²) < 4.78 is 0. The Hall–Kier alpha value is -2.38. The van der Waals surface area contributed by atoms with Crippen LogP contribution in [-0.4, -0.2) is 59.4 Å². The molecule has 7 nitrogen and oxygen atoms in total. The first-order valence-electron chi connectivity index (χ1n) is 10.8. The molecule has 8 heteroatoms. The van der Waals surface area contributed by atoms with Crippen molar-refractivity contribution < 1.29 is 0 Å². The van der Waals surface area contributed by atoms with E-state index in [-0.39, 0.29) is 0 Å². The molecule has 0 saturated carbocycles. The number of benzene rings is 1. The van der Waals surface area contributed by atoms with Gasteiger partial charge in [-0.05, 0) is 62.9 Å². The van der Waals surface area contributed by atoms with Gasteiger partial charge in [0.15, 0.2) is 5.65 Å². The van der Waals surface area contributed by atoms with E-state index in [1.807, 2.05) is 6.07 Å². The molecule has 0 unspecified atom stereocenters. The SMILES string of the molecule is Cc1ccc(Cl)cc1N1CCN(c2ncnc3n[nH]c(CC4CCNCC4)c23)CC1. The predicted molar refractivity (Wildman–Crippen MR) is 122 cm³/mol. The van der Waals surface area contributed by atoms with Gasteiger partial charge in [0.1, 0.15) is 12.1 Å². The highest BCUT2D eigenvalue weighted by Gasteiger charge is 2.24. The van der Waals surface area contributed by atoms with E-state index in [9.17, 15) is 0 Å². The van der Waals surface area contributed by atoms with Crippen LogP contribution in [0.15, 0.2) is 24.5 Å². The zero-order valence-electron chi connectivity index (χ0n) is 17.4. The van der Waals surface area contributed by atoms with E-state index in [1.54, 1.807) is 6.33 Å². The molecular weight excluding hydrogens is 398 g/mol. The van der Waals surface area contributed by atoms with E-state index in [4.69, 9.17) is 11.6 Å². The Kier molecular flexibility index (Phi) is 5.48. The van der Waals surface area contributed by atoms with Gasteiger partial charge in [-0.3, -0.25) is 5.10 Å². The number of H-pyrrole nitrogens is 1. The van der Waals surface area contributed by atoms with Crippen molar-refractivity contribution in [3.8, 4) is 0 Å². The minimum absolute atomic E-state index is 0.686. The van der Waals surface area contributed by atoms with Crippen molar-refractivity contribution in [2.24, 2.45) is 5.92 Å². The average Bonchev–Trinajstić information content (AvgIpc) is 3.19. The molecule has 4 heterocycles. The standard InChI is InChI=1S/C22H28ClN7/c1-15-2-3-17(23)13-19(15)29-8-10-30(11-9-29)22-20-18(12-16-4-6-24-7-5-16)27-28-21(20)25-14-26-22/h2-3,13-14,16,24H,4-12H2,1H3,(H,25,26,27,28). The quantitative estimate of drug-likeness (QED) is 0.668. The number of hydrogen-bond donors (Lipinski definition) is 2. The number of piperidine rings is 1. The van der Waals surface area contributed by atoms with E-state index in [1.165, 1.54) is 29.8 Å². The summed E-state index contributed by atoms with van der Waals surface area (Å²) in [7, 11) is 0. The number of anilines is 2. The molecule has 2 saturated heterocycles. The molecule has 0 spiro atoms. The van der Waals surface area contributed by atoms with Gasteiger partial charge in [0.2, 0.25) is 0 Å². The highest BCUT2D eigenvalue weighted by atomic mass is 35.5. The Morgan fingerprint density at radius 2 is 1.83 bits per heavy atom. The number of nitrogens with one attached hydrogen (secondary N) is 2. The molecular formula is C22H28ClN7. The summed E-state index contributed by atoms with van der Waals surface area (Å²) >= 11 is 6.24. The number of hydrogen-bond acceptors (Lipinski definition) is 6. The van der Waals surface area contributed by atoms with Crippen LogP contribution in [0.4, 0.5) is 11.5 Å². The fourth-order valence-electron chi connectivity index (χ4n) is 4.74. The van der Waals surface area contributed by atoms with Crippen LogP contribution >= 0.6 is 11.6 Å². The van der Waals surface area contributed by atoms with Crippen molar-refractivity contribution >= 4 is 34.1 Å². The van der Waals surface area contributed by atoms with Gasteiger partial charge >= 0.3 is 0 Å². The predicted octanol–water partition coefficient (Wildman–Crippen LogP) is 3.18. The number of nitrogens with zero attached hydrogens (tertiary/aromatic N) is 5. The summed E-state index contributed by atoms with van der Waals surface area (Å²) in [6.07, 6.45) is 5.07. The highest BCUT2D eigenvalue weighted by molar-refractivity contribution is 6.30. The van der Waals surface area contributed by atoms with Crippen LogP contribution in [0.2, 0.25) is 5.02 Å².